The van der Waals surface area contributed by atoms with Gasteiger partial charge in [0.15, 0.2) is 0 Å². The average Bonchev–Trinajstić information content (AvgIpc) is 2.46. The Morgan fingerprint density at radius 3 is 2.42 bits per heavy atom. The van der Waals surface area contributed by atoms with E-state index in [1.165, 1.54) is 5.56 Å². The standard InChI is InChI=1S/C16H21N3/c1-5-11(2)13-6-8-14(9-7-13)15-10-12(3)18-16(17-4)19-15/h6-11H,5H2,1-4H3,(H,17,18,19). The summed E-state index contributed by atoms with van der Waals surface area (Å²) in [5.41, 5.74) is 4.45. The summed E-state index contributed by atoms with van der Waals surface area (Å²) in [6, 6.07) is 10.7. The molecule has 0 radical (unpaired) electrons. The van der Waals surface area contributed by atoms with Crippen molar-refractivity contribution in [2.75, 3.05) is 12.4 Å². The Labute approximate surface area is 115 Å². The molecule has 1 aromatic carbocycles. The maximum Gasteiger partial charge on any atom is 0.223 e. The predicted molar refractivity (Wildman–Crippen MR) is 80.5 cm³/mol. The second-order valence-corrected chi connectivity index (χ2v) is 4.90. The molecular formula is C16H21N3. The maximum absolute atomic E-state index is 4.49. The monoisotopic (exact) mass is 255 g/mol. The summed E-state index contributed by atoms with van der Waals surface area (Å²) in [7, 11) is 1.84. The van der Waals surface area contributed by atoms with E-state index in [0.29, 0.717) is 11.9 Å². The quantitative estimate of drug-likeness (QED) is 0.897. The van der Waals surface area contributed by atoms with E-state index in [9.17, 15) is 0 Å². The number of aromatic nitrogens is 2. The third-order valence-corrected chi connectivity index (χ3v) is 3.47. The van der Waals surface area contributed by atoms with E-state index in [0.717, 1.165) is 23.4 Å². The van der Waals surface area contributed by atoms with E-state index >= 15 is 0 Å². The lowest BCUT2D eigenvalue weighted by Crippen LogP contribution is -1.99. The van der Waals surface area contributed by atoms with Crippen molar-refractivity contribution in [3.05, 3.63) is 41.6 Å². The van der Waals surface area contributed by atoms with Gasteiger partial charge in [-0.25, -0.2) is 9.97 Å². The fourth-order valence-corrected chi connectivity index (χ4v) is 2.05. The summed E-state index contributed by atoms with van der Waals surface area (Å²) >= 11 is 0. The number of aryl methyl sites for hydroxylation is 1. The molecule has 0 fully saturated rings. The van der Waals surface area contributed by atoms with Crippen LogP contribution >= 0.6 is 0 Å². The molecule has 0 aliphatic carbocycles. The Balaban J connectivity index is 2.34. The van der Waals surface area contributed by atoms with Crippen LogP contribution in [0.25, 0.3) is 11.3 Å². The van der Waals surface area contributed by atoms with Crippen LogP contribution in [0.4, 0.5) is 5.95 Å². The molecule has 0 spiro atoms. The molecule has 0 bridgehead atoms. The fourth-order valence-electron chi connectivity index (χ4n) is 2.05. The first-order valence-corrected chi connectivity index (χ1v) is 6.77. The Hall–Kier alpha value is -1.90. The lowest BCUT2D eigenvalue weighted by molar-refractivity contribution is 0.734. The smallest absolute Gasteiger partial charge is 0.223 e. The summed E-state index contributed by atoms with van der Waals surface area (Å²) in [5, 5.41) is 2.99. The SMILES string of the molecule is CCC(C)c1ccc(-c2cc(C)nc(NC)n2)cc1. The van der Waals surface area contributed by atoms with Crippen LogP contribution in [-0.4, -0.2) is 17.0 Å². The second-order valence-electron chi connectivity index (χ2n) is 4.90. The van der Waals surface area contributed by atoms with Crippen molar-refractivity contribution in [3.8, 4) is 11.3 Å². The Kier molecular flexibility index (Phi) is 4.15. The first-order chi connectivity index (χ1) is 9.13. The molecule has 100 valence electrons. The summed E-state index contributed by atoms with van der Waals surface area (Å²) < 4.78 is 0. The first-order valence-electron chi connectivity index (χ1n) is 6.77. The minimum atomic E-state index is 0.606. The van der Waals surface area contributed by atoms with Crippen LogP contribution in [0.3, 0.4) is 0 Å². The first kappa shape index (κ1) is 13.5. The van der Waals surface area contributed by atoms with Gasteiger partial charge in [-0.15, -0.1) is 0 Å². The molecule has 0 aliphatic rings. The fraction of sp³-hybridized carbons (Fsp3) is 0.375. The van der Waals surface area contributed by atoms with Crippen molar-refractivity contribution in [1.29, 1.82) is 0 Å². The van der Waals surface area contributed by atoms with E-state index in [1.807, 2.05) is 20.0 Å². The van der Waals surface area contributed by atoms with Gasteiger partial charge in [0.05, 0.1) is 5.69 Å². The predicted octanol–water partition coefficient (Wildman–Crippen LogP) is 4.01. The molecule has 1 aromatic heterocycles. The van der Waals surface area contributed by atoms with E-state index in [4.69, 9.17) is 0 Å². The number of rotatable bonds is 4. The molecule has 1 heterocycles. The normalized spacial score (nSPS) is 12.2. The molecule has 3 heteroatoms. The van der Waals surface area contributed by atoms with Crippen LogP contribution in [0.2, 0.25) is 0 Å². The van der Waals surface area contributed by atoms with Crippen molar-refractivity contribution in [2.45, 2.75) is 33.1 Å². The van der Waals surface area contributed by atoms with Crippen molar-refractivity contribution in [3.63, 3.8) is 0 Å². The van der Waals surface area contributed by atoms with Crippen molar-refractivity contribution in [2.24, 2.45) is 0 Å². The van der Waals surface area contributed by atoms with Crippen LogP contribution < -0.4 is 5.32 Å². The maximum atomic E-state index is 4.49. The molecule has 1 unspecified atom stereocenters. The van der Waals surface area contributed by atoms with Crippen LogP contribution in [0.1, 0.15) is 37.4 Å². The van der Waals surface area contributed by atoms with Gasteiger partial charge in [-0.1, -0.05) is 38.1 Å². The van der Waals surface area contributed by atoms with E-state index in [1.54, 1.807) is 0 Å². The van der Waals surface area contributed by atoms with Crippen LogP contribution in [0.5, 0.6) is 0 Å². The highest BCUT2D eigenvalue weighted by atomic mass is 15.1. The summed E-state index contributed by atoms with van der Waals surface area (Å²) in [5.74, 6) is 1.27. The second kappa shape index (κ2) is 5.83. The Morgan fingerprint density at radius 2 is 1.84 bits per heavy atom. The highest BCUT2D eigenvalue weighted by Gasteiger charge is 2.06. The number of hydrogen-bond donors (Lipinski definition) is 1. The number of hydrogen-bond acceptors (Lipinski definition) is 3. The molecule has 3 nitrogen and oxygen atoms in total. The number of nitrogens with zero attached hydrogens (tertiary/aromatic N) is 2. The van der Waals surface area contributed by atoms with E-state index in [-0.39, 0.29) is 0 Å². The van der Waals surface area contributed by atoms with Gasteiger partial charge in [-0.05, 0) is 30.9 Å². The van der Waals surface area contributed by atoms with Crippen molar-refractivity contribution in [1.82, 2.24) is 9.97 Å². The molecule has 2 aromatic rings. The topological polar surface area (TPSA) is 37.8 Å². The van der Waals surface area contributed by atoms with Crippen molar-refractivity contribution < 1.29 is 0 Å². The molecule has 2 rings (SSSR count). The molecule has 0 saturated heterocycles. The van der Waals surface area contributed by atoms with Gasteiger partial charge in [0.1, 0.15) is 0 Å². The molecule has 1 N–H and O–H groups in total. The Morgan fingerprint density at radius 1 is 1.16 bits per heavy atom. The van der Waals surface area contributed by atoms with Gasteiger partial charge in [-0.3, -0.25) is 0 Å². The van der Waals surface area contributed by atoms with Gasteiger partial charge >= 0.3 is 0 Å². The number of benzene rings is 1. The zero-order chi connectivity index (χ0) is 13.8. The van der Waals surface area contributed by atoms with Gasteiger partial charge in [-0.2, -0.15) is 0 Å². The molecule has 19 heavy (non-hydrogen) atoms. The third-order valence-electron chi connectivity index (χ3n) is 3.47. The zero-order valence-corrected chi connectivity index (χ0v) is 12.1. The van der Waals surface area contributed by atoms with Gasteiger partial charge < -0.3 is 5.32 Å². The Bertz CT molecular complexity index is 546. The van der Waals surface area contributed by atoms with Crippen LogP contribution in [0.15, 0.2) is 30.3 Å². The minimum absolute atomic E-state index is 0.606. The molecule has 0 amide bonds. The van der Waals surface area contributed by atoms with Crippen LogP contribution in [-0.2, 0) is 0 Å². The summed E-state index contributed by atoms with van der Waals surface area (Å²) in [4.78, 5) is 8.81. The minimum Gasteiger partial charge on any atom is -0.357 e. The van der Waals surface area contributed by atoms with Gasteiger partial charge in [0.25, 0.3) is 0 Å². The largest absolute Gasteiger partial charge is 0.357 e. The van der Waals surface area contributed by atoms with Crippen molar-refractivity contribution >= 4 is 5.95 Å². The number of nitrogens with one attached hydrogen (secondary N) is 1. The lowest BCUT2D eigenvalue weighted by atomic mass is 9.97. The highest BCUT2D eigenvalue weighted by Crippen LogP contribution is 2.24. The highest BCUT2D eigenvalue weighted by molar-refractivity contribution is 5.61. The van der Waals surface area contributed by atoms with E-state index < -0.39 is 0 Å². The van der Waals surface area contributed by atoms with E-state index in [2.05, 4.69) is 53.4 Å². The number of anilines is 1. The molecule has 0 saturated carbocycles. The molecule has 1 atom stereocenters. The average molecular weight is 255 g/mol. The summed E-state index contributed by atoms with van der Waals surface area (Å²) in [6.07, 6.45) is 1.16. The summed E-state index contributed by atoms with van der Waals surface area (Å²) in [6.45, 7) is 6.45. The van der Waals surface area contributed by atoms with Gasteiger partial charge in [0, 0.05) is 18.3 Å². The lowest BCUT2D eigenvalue weighted by Gasteiger charge is -2.10. The van der Waals surface area contributed by atoms with Crippen LogP contribution in [0, 0.1) is 6.92 Å². The zero-order valence-electron chi connectivity index (χ0n) is 12.1. The van der Waals surface area contributed by atoms with Gasteiger partial charge in [0.2, 0.25) is 5.95 Å². The third kappa shape index (κ3) is 3.11. The molecular weight excluding hydrogens is 234 g/mol. The molecule has 0 aliphatic heterocycles.